The third-order valence-corrected chi connectivity index (χ3v) is 1.88. The fraction of sp³-hybridized carbons (Fsp3) is 0.250. The number of hydrogen-bond donors (Lipinski definition) is 3. The predicted molar refractivity (Wildman–Crippen MR) is 33.4 cm³/mol. The Morgan fingerprint density at radius 3 is 1.90 bits per heavy atom. The molecule has 0 aromatic rings. The highest BCUT2D eigenvalue weighted by atomic mass is 31.2. The largest absolute Gasteiger partial charge is 0.477 e. The van der Waals surface area contributed by atoms with Crippen molar-refractivity contribution in [2.24, 2.45) is 0 Å². The highest BCUT2D eigenvalue weighted by Gasteiger charge is 2.26. The maximum atomic E-state index is 10.2. The first-order chi connectivity index (χ1) is 4.39. The molecule has 3 N–H and O–H groups in total. The van der Waals surface area contributed by atoms with Crippen LogP contribution in [0.1, 0.15) is 6.92 Å². The van der Waals surface area contributed by atoms with Crippen molar-refractivity contribution < 1.29 is 24.3 Å². The molecule has 0 radical (unpaired) electrons. The first kappa shape index (κ1) is 9.36. The summed E-state index contributed by atoms with van der Waals surface area (Å²) in [5.41, 5.74) is 0. The minimum atomic E-state index is -4.57. The smallest absolute Gasteiger partial charge is 0.363 e. The molecule has 0 rings (SSSR count). The van der Waals surface area contributed by atoms with Gasteiger partial charge in [0.1, 0.15) is 5.31 Å². The summed E-state index contributed by atoms with van der Waals surface area (Å²) in [6.45, 7) is 1.25. The van der Waals surface area contributed by atoms with E-state index in [1.54, 1.807) is 0 Å². The molecule has 0 aromatic carbocycles. The van der Waals surface area contributed by atoms with E-state index in [0.29, 0.717) is 0 Å². The molecule has 0 heterocycles. The van der Waals surface area contributed by atoms with E-state index in [1.165, 1.54) is 6.92 Å². The summed E-state index contributed by atoms with van der Waals surface area (Å²) < 4.78 is 10.2. The summed E-state index contributed by atoms with van der Waals surface area (Å²) in [5.74, 6) is -1.59. The lowest BCUT2D eigenvalue weighted by atomic mass is 10.5. The summed E-state index contributed by atoms with van der Waals surface area (Å²) in [7, 11) is -4.57. The average molecular weight is 166 g/mol. The fourth-order valence-electron chi connectivity index (χ4n) is 0.416. The molecule has 0 saturated carbocycles. The third-order valence-electron chi connectivity index (χ3n) is 0.806. The van der Waals surface area contributed by atoms with Crippen LogP contribution in [0.3, 0.4) is 0 Å². The van der Waals surface area contributed by atoms with E-state index >= 15 is 0 Å². The van der Waals surface area contributed by atoms with Crippen LogP contribution in [-0.4, -0.2) is 20.9 Å². The predicted octanol–water partition coefficient (Wildman–Crippen LogP) is 0.152. The molecule has 5 nitrogen and oxygen atoms in total. The number of aliphatic carboxylic acids is 1. The van der Waals surface area contributed by atoms with E-state index in [9.17, 15) is 9.36 Å². The Hall–Kier alpha value is -0.640. The molecule has 0 aromatic heterocycles. The van der Waals surface area contributed by atoms with Crippen molar-refractivity contribution in [1.82, 2.24) is 0 Å². The maximum absolute atomic E-state index is 10.2. The van der Waals surface area contributed by atoms with Crippen LogP contribution in [0.2, 0.25) is 0 Å². The van der Waals surface area contributed by atoms with Crippen LogP contribution in [0.5, 0.6) is 0 Å². The van der Waals surface area contributed by atoms with E-state index in [-0.39, 0.29) is 0 Å². The molecule has 0 bridgehead atoms. The van der Waals surface area contributed by atoms with Gasteiger partial charge in [-0.25, -0.2) is 4.79 Å². The highest BCUT2D eigenvalue weighted by Crippen LogP contribution is 2.44. The lowest BCUT2D eigenvalue weighted by molar-refractivity contribution is -0.132. The molecule has 0 aliphatic heterocycles. The fourth-order valence-corrected chi connectivity index (χ4v) is 1.00. The first-order valence-electron chi connectivity index (χ1n) is 2.35. The lowest BCUT2D eigenvalue weighted by Gasteiger charge is -2.01. The Morgan fingerprint density at radius 1 is 1.50 bits per heavy atom. The standard InChI is InChI=1S/C4H7O5P/c1-2-3(4(5)6)10(7,8)9/h2H,1H3,(H,5,6)(H2,7,8,9)/b3-2-. The highest BCUT2D eigenvalue weighted by molar-refractivity contribution is 7.57. The van der Waals surface area contributed by atoms with Gasteiger partial charge < -0.3 is 14.9 Å². The number of allylic oxidation sites excluding steroid dienone is 1. The minimum absolute atomic E-state index is 0.868. The van der Waals surface area contributed by atoms with Crippen LogP contribution >= 0.6 is 7.60 Å². The van der Waals surface area contributed by atoms with Gasteiger partial charge in [0.2, 0.25) is 0 Å². The average Bonchev–Trinajstić information content (AvgIpc) is 1.60. The van der Waals surface area contributed by atoms with Crippen LogP contribution < -0.4 is 0 Å². The zero-order valence-corrected chi connectivity index (χ0v) is 6.08. The Kier molecular flexibility index (Phi) is 2.77. The molecule has 0 aliphatic rings. The summed E-state index contributed by atoms with van der Waals surface area (Å²) in [5, 5.41) is 7.28. The second-order valence-corrected chi connectivity index (χ2v) is 3.09. The van der Waals surface area contributed by atoms with Gasteiger partial charge in [-0.3, -0.25) is 4.57 Å². The molecular formula is C4H7O5P. The van der Waals surface area contributed by atoms with Crippen molar-refractivity contribution in [3.8, 4) is 0 Å². The number of carboxylic acid groups (broad SMARTS) is 1. The SMILES string of the molecule is C/C=C(/C(=O)O)P(=O)(O)O. The van der Waals surface area contributed by atoms with Gasteiger partial charge >= 0.3 is 13.6 Å². The minimum Gasteiger partial charge on any atom is -0.477 e. The van der Waals surface area contributed by atoms with Crippen molar-refractivity contribution in [1.29, 1.82) is 0 Å². The lowest BCUT2D eigenvalue weighted by Crippen LogP contribution is -2.00. The van der Waals surface area contributed by atoms with Crippen LogP contribution in [0.25, 0.3) is 0 Å². The van der Waals surface area contributed by atoms with Crippen LogP contribution in [-0.2, 0) is 9.36 Å². The van der Waals surface area contributed by atoms with Gasteiger partial charge in [0.25, 0.3) is 0 Å². The number of rotatable bonds is 2. The second-order valence-electron chi connectivity index (χ2n) is 1.52. The summed E-state index contributed by atoms with van der Waals surface area (Å²) in [6.07, 6.45) is 0.878. The van der Waals surface area contributed by atoms with Crippen molar-refractivity contribution in [3.63, 3.8) is 0 Å². The molecular weight excluding hydrogens is 159 g/mol. The molecule has 0 atom stereocenters. The molecule has 0 amide bonds. The van der Waals surface area contributed by atoms with Gasteiger partial charge in [-0.15, -0.1) is 0 Å². The third kappa shape index (κ3) is 2.31. The van der Waals surface area contributed by atoms with Gasteiger partial charge in [0, 0.05) is 0 Å². The molecule has 0 fully saturated rings. The first-order valence-corrected chi connectivity index (χ1v) is 3.96. The van der Waals surface area contributed by atoms with E-state index < -0.39 is 18.9 Å². The van der Waals surface area contributed by atoms with Gasteiger partial charge in [0.15, 0.2) is 0 Å². The number of hydrogen-bond acceptors (Lipinski definition) is 2. The summed E-state index contributed by atoms with van der Waals surface area (Å²) in [4.78, 5) is 26.6. The molecule has 0 spiro atoms. The maximum Gasteiger partial charge on any atom is 0.363 e. The molecule has 0 unspecified atom stereocenters. The van der Waals surface area contributed by atoms with Crippen LogP contribution in [0, 0.1) is 0 Å². The quantitative estimate of drug-likeness (QED) is 0.401. The normalized spacial score (nSPS) is 13.3. The van der Waals surface area contributed by atoms with E-state index in [2.05, 4.69) is 0 Å². The van der Waals surface area contributed by atoms with Crippen molar-refractivity contribution in [2.45, 2.75) is 6.92 Å². The number of carbonyl (C=O) groups is 1. The zero-order valence-electron chi connectivity index (χ0n) is 5.18. The van der Waals surface area contributed by atoms with E-state index in [4.69, 9.17) is 14.9 Å². The Balaban J connectivity index is 4.75. The topological polar surface area (TPSA) is 94.8 Å². The number of carboxylic acids is 1. The molecule has 0 saturated heterocycles. The van der Waals surface area contributed by atoms with Crippen molar-refractivity contribution >= 4 is 13.6 Å². The van der Waals surface area contributed by atoms with Gasteiger partial charge in [0.05, 0.1) is 0 Å². The van der Waals surface area contributed by atoms with Gasteiger partial charge in [-0.1, -0.05) is 6.08 Å². The molecule has 10 heavy (non-hydrogen) atoms. The van der Waals surface area contributed by atoms with Crippen molar-refractivity contribution in [3.05, 3.63) is 11.4 Å². The Morgan fingerprint density at radius 2 is 1.90 bits per heavy atom. The molecule has 0 aliphatic carbocycles. The summed E-state index contributed by atoms with van der Waals surface area (Å²) in [6, 6.07) is 0. The Labute approximate surface area is 57.2 Å². The van der Waals surface area contributed by atoms with Gasteiger partial charge in [-0.05, 0) is 6.92 Å². The second kappa shape index (κ2) is 2.96. The summed E-state index contributed by atoms with van der Waals surface area (Å²) >= 11 is 0. The monoisotopic (exact) mass is 166 g/mol. The van der Waals surface area contributed by atoms with Gasteiger partial charge in [-0.2, -0.15) is 0 Å². The Bertz CT molecular complexity index is 212. The molecule has 58 valence electrons. The molecule has 6 heteroatoms. The van der Waals surface area contributed by atoms with Crippen LogP contribution in [0.4, 0.5) is 0 Å². The van der Waals surface area contributed by atoms with E-state index in [1.807, 2.05) is 0 Å². The van der Waals surface area contributed by atoms with Crippen LogP contribution in [0.15, 0.2) is 11.4 Å². The van der Waals surface area contributed by atoms with Crippen molar-refractivity contribution in [2.75, 3.05) is 0 Å². The van der Waals surface area contributed by atoms with E-state index in [0.717, 1.165) is 6.08 Å². The zero-order chi connectivity index (χ0) is 8.36.